The molecule has 232 valence electrons. The molecule has 0 aliphatic rings. The van der Waals surface area contributed by atoms with Crippen molar-refractivity contribution in [2.75, 3.05) is 13.1 Å². The van der Waals surface area contributed by atoms with E-state index in [4.69, 9.17) is 9.97 Å². The first kappa shape index (κ1) is 32.0. The van der Waals surface area contributed by atoms with Gasteiger partial charge in [-0.15, -0.1) is 12.4 Å². The lowest BCUT2D eigenvalue weighted by Crippen LogP contribution is -2.22. The van der Waals surface area contributed by atoms with Crippen LogP contribution in [0.3, 0.4) is 0 Å². The fourth-order valence-corrected chi connectivity index (χ4v) is 6.73. The summed E-state index contributed by atoms with van der Waals surface area (Å²) in [4.78, 5) is 10.0. The van der Waals surface area contributed by atoms with E-state index in [0.717, 1.165) is 68.5 Å². The summed E-state index contributed by atoms with van der Waals surface area (Å²) in [6.07, 6.45) is 1.05. The molecule has 0 fully saturated rings. The monoisotopic (exact) mass is 610 g/mol. The number of hydrogen-bond acceptors (Lipinski definition) is 4. The van der Waals surface area contributed by atoms with Crippen LogP contribution in [0.5, 0.6) is 0 Å². The van der Waals surface area contributed by atoms with E-state index in [-0.39, 0.29) is 12.4 Å². The molecule has 2 aromatic carbocycles. The van der Waals surface area contributed by atoms with Gasteiger partial charge in [0.1, 0.15) is 0 Å². The van der Waals surface area contributed by atoms with Gasteiger partial charge in [-0.3, -0.25) is 9.97 Å². The average Bonchev–Trinajstić information content (AvgIpc) is 3.45. The molecule has 6 nitrogen and oxygen atoms in total. The molecule has 4 aromatic heterocycles. The minimum Gasteiger partial charge on any atom is -0.339 e. The summed E-state index contributed by atoms with van der Waals surface area (Å²) >= 11 is 0. The van der Waals surface area contributed by atoms with Crippen LogP contribution in [-0.2, 0) is 26.2 Å². The molecule has 4 heterocycles. The molecule has 0 aliphatic carbocycles. The molecule has 0 saturated heterocycles. The quantitative estimate of drug-likeness (QED) is 0.137. The zero-order valence-electron chi connectivity index (χ0n) is 27.1. The van der Waals surface area contributed by atoms with Crippen LogP contribution in [-0.4, -0.2) is 32.2 Å². The van der Waals surface area contributed by atoms with Crippen molar-refractivity contribution < 1.29 is 0 Å². The van der Waals surface area contributed by atoms with Crippen molar-refractivity contribution >= 4 is 56.0 Å². The van der Waals surface area contributed by atoms with Gasteiger partial charge in [0.25, 0.3) is 0 Å². The number of benzene rings is 2. The highest BCUT2D eigenvalue weighted by atomic mass is 35.5. The molecule has 2 N–H and O–H groups in total. The molecule has 44 heavy (non-hydrogen) atoms. The van der Waals surface area contributed by atoms with Crippen molar-refractivity contribution in [3.63, 3.8) is 0 Å². The molecule has 0 radical (unpaired) electrons. The van der Waals surface area contributed by atoms with Gasteiger partial charge in [-0.1, -0.05) is 64.1 Å². The molecule has 0 unspecified atom stereocenters. The number of aryl methyl sites for hydroxylation is 2. The standard InChI is InChI=1S/C37H46N6.ClH/c1-24(2)22-42-34-14-9-7-12-30(34)32-18-28(40-26(5)36(32)42)20-38-16-11-17-39-21-29-19-33-31-13-8-10-15-35(31)43(23-25(3)4)37(33)27(6)41-29;/h7-10,12-15,18-19,24-25,38-39H,11,16-17,20-23H2,1-6H3;1H. The number of hydrogen-bond donors (Lipinski definition) is 2. The number of nitrogens with zero attached hydrogens (tertiary/aromatic N) is 4. The summed E-state index contributed by atoms with van der Waals surface area (Å²) in [6, 6.07) is 22.1. The topological polar surface area (TPSA) is 59.7 Å². The molecule has 7 heteroatoms. The summed E-state index contributed by atoms with van der Waals surface area (Å²) in [5.41, 5.74) is 9.59. The highest BCUT2D eigenvalue weighted by Crippen LogP contribution is 2.33. The predicted octanol–water partition coefficient (Wildman–Crippen LogP) is 8.31. The summed E-state index contributed by atoms with van der Waals surface area (Å²) < 4.78 is 4.91. The van der Waals surface area contributed by atoms with Crippen LogP contribution in [0, 0.1) is 25.7 Å². The lowest BCUT2D eigenvalue weighted by molar-refractivity contribution is 0.544. The largest absolute Gasteiger partial charge is 0.339 e. The van der Waals surface area contributed by atoms with E-state index in [1.165, 1.54) is 43.6 Å². The second-order valence-electron chi connectivity index (χ2n) is 12.9. The molecule has 0 bridgehead atoms. The van der Waals surface area contributed by atoms with E-state index >= 15 is 0 Å². The Hall–Kier alpha value is -3.45. The van der Waals surface area contributed by atoms with Gasteiger partial charge in [-0.2, -0.15) is 0 Å². The smallest absolute Gasteiger partial charge is 0.0707 e. The van der Waals surface area contributed by atoms with Crippen LogP contribution in [0.15, 0.2) is 60.7 Å². The van der Waals surface area contributed by atoms with Crippen LogP contribution in [0.4, 0.5) is 0 Å². The number of fused-ring (bicyclic) bond motifs is 6. The first-order valence-corrected chi connectivity index (χ1v) is 16.0. The average molecular weight is 611 g/mol. The molecular weight excluding hydrogens is 564 g/mol. The third kappa shape index (κ3) is 6.35. The normalized spacial score (nSPS) is 12.0. The number of para-hydroxylation sites is 2. The van der Waals surface area contributed by atoms with Crippen LogP contribution in [0.1, 0.15) is 56.9 Å². The lowest BCUT2D eigenvalue weighted by Gasteiger charge is -2.13. The van der Waals surface area contributed by atoms with E-state index in [1.54, 1.807) is 0 Å². The minimum absolute atomic E-state index is 0. The van der Waals surface area contributed by atoms with Crippen molar-refractivity contribution in [2.45, 2.75) is 74.1 Å². The van der Waals surface area contributed by atoms with E-state index in [2.05, 4.69) is 122 Å². The Labute approximate surface area is 267 Å². The number of aromatic nitrogens is 4. The highest BCUT2D eigenvalue weighted by Gasteiger charge is 2.17. The van der Waals surface area contributed by atoms with E-state index in [0.29, 0.717) is 11.8 Å². The molecule has 0 aliphatic heterocycles. The molecule has 0 saturated carbocycles. The Morgan fingerprint density at radius 2 is 1.02 bits per heavy atom. The molecular formula is C37H47ClN6. The van der Waals surface area contributed by atoms with Crippen molar-refractivity contribution in [3.05, 3.63) is 83.4 Å². The fourth-order valence-electron chi connectivity index (χ4n) is 6.73. The van der Waals surface area contributed by atoms with Crippen LogP contribution in [0.25, 0.3) is 43.6 Å². The maximum atomic E-state index is 5.00. The molecule has 6 aromatic rings. The second kappa shape index (κ2) is 13.7. The number of halogens is 1. The van der Waals surface area contributed by atoms with Crippen LogP contribution < -0.4 is 10.6 Å². The van der Waals surface area contributed by atoms with Crippen molar-refractivity contribution in [3.8, 4) is 0 Å². The SMILES string of the molecule is Cc1nc(CNCCCNCc2cc3c4ccccc4n(CC(C)C)c3c(C)n2)cc2c3ccccc3n(CC(C)C)c12.Cl. The van der Waals surface area contributed by atoms with Gasteiger partial charge in [0.2, 0.25) is 0 Å². The third-order valence-electron chi connectivity index (χ3n) is 8.36. The van der Waals surface area contributed by atoms with Gasteiger partial charge in [-0.05, 0) is 69.5 Å². The summed E-state index contributed by atoms with van der Waals surface area (Å²) in [5.74, 6) is 1.15. The van der Waals surface area contributed by atoms with Gasteiger partial charge in [-0.25, -0.2) is 0 Å². The maximum absolute atomic E-state index is 5.00. The van der Waals surface area contributed by atoms with Gasteiger partial charge in [0, 0.05) is 58.8 Å². The molecule has 6 rings (SSSR count). The van der Waals surface area contributed by atoms with Gasteiger partial charge < -0.3 is 19.8 Å². The zero-order valence-corrected chi connectivity index (χ0v) is 27.9. The second-order valence-corrected chi connectivity index (χ2v) is 12.9. The van der Waals surface area contributed by atoms with Crippen molar-refractivity contribution in [1.82, 2.24) is 29.7 Å². The number of nitrogens with one attached hydrogen (secondary N) is 2. The lowest BCUT2D eigenvalue weighted by atomic mass is 10.1. The van der Waals surface area contributed by atoms with Crippen LogP contribution in [0.2, 0.25) is 0 Å². The summed E-state index contributed by atoms with van der Waals surface area (Å²) in [5, 5.41) is 12.5. The van der Waals surface area contributed by atoms with Crippen molar-refractivity contribution in [2.24, 2.45) is 11.8 Å². The molecule has 0 amide bonds. The van der Waals surface area contributed by atoms with Gasteiger partial charge >= 0.3 is 0 Å². The molecule has 0 spiro atoms. The van der Waals surface area contributed by atoms with E-state index < -0.39 is 0 Å². The van der Waals surface area contributed by atoms with Crippen molar-refractivity contribution in [1.29, 1.82) is 0 Å². The van der Waals surface area contributed by atoms with E-state index in [1.807, 2.05) is 0 Å². The predicted molar refractivity (Wildman–Crippen MR) is 189 cm³/mol. The van der Waals surface area contributed by atoms with Crippen LogP contribution >= 0.6 is 12.4 Å². The Kier molecular flexibility index (Phi) is 9.94. The fraction of sp³-hybridized carbons (Fsp3) is 0.405. The first-order chi connectivity index (χ1) is 20.8. The number of pyridine rings is 2. The van der Waals surface area contributed by atoms with E-state index in [9.17, 15) is 0 Å². The third-order valence-corrected chi connectivity index (χ3v) is 8.36. The molecule has 0 atom stereocenters. The Morgan fingerprint density at radius 3 is 1.43 bits per heavy atom. The van der Waals surface area contributed by atoms with Gasteiger partial charge in [0.15, 0.2) is 0 Å². The number of rotatable bonds is 12. The maximum Gasteiger partial charge on any atom is 0.0707 e. The highest BCUT2D eigenvalue weighted by molar-refractivity contribution is 6.09. The Balaban J connectivity index is 0.00000384. The Morgan fingerprint density at radius 1 is 0.614 bits per heavy atom. The van der Waals surface area contributed by atoms with Gasteiger partial charge in [0.05, 0.1) is 33.8 Å². The zero-order chi connectivity index (χ0) is 30.1. The Bertz CT molecular complexity index is 1760. The summed E-state index contributed by atoms with van der Waals surface area (Å²) in [6.45, 7) is 18.9. The first-order valence-electron chi connectivity index (χ1n) is 16.0. The summed E-state index contributed by atoms with van der Waals surface area (Å²) in [7, 11) is 0. The minimum atomic E-state index is 0.